The molecule has 0 aliphatic rings. The summed E-state index contributed by atoms with van der Waals surface area (Å²) in [6.45, 7) is 1.43. The Kier molecular flexibility index (Phi) is 5.44. The van der Waals surface area contributed by atoms with Crippen LogP contribution in [0.5, 0.6) is 5.75 Å². The molecule has 0 unspecified atom stereocenters. The summed E-state index contributed by atoms with van der Waals surface area (Å²) in [7, 11) is 1.48. The van der Waals surface area contributed by atoms with Crippen LogP contribution in [0.4, 0.5) is 5.69 Å². The average molecular weight is 390 g/mol. The summed E-state index contributed by atoms with van der Waals surface area (Å²) < 4.78 is 11.3. The molecule has 5 nitrogen and oxygen atoms in total. The number of fused-ring (bicyclic) bond motifs is 1. The van der Waals surface area contributed by atoms with E-state index in [1.54, 1.807) is 18.2 Å². The third-order valence-electron chi connectivity index (χ3n) is 3.72. The monoisotopic (exact) mass is 389 g/mol. The molecule has 0 spiro atoms. The number of aryl methyl sites for hydroxylation is 1. The van der Waals surface area contributed by atoms with E-state index in [2.05, 4.69) is 5.32 Å². The molecule has 134 valence electrons. The molecule has 2 aromatic carbocycles. The summed E-state index contributed by atoms with van der Waals surface area (Å²) in [6, 6.07) is 12.7. The lowest BCUT2D eigenvalue weighted by molar-refractivity contribution is -0.119. The van der Waals surface area contributed by atoms with Gasteiger partial charge in [-0.2, -0.15) is 0 Å². The second-order valence-corrected chi connectivity index (χ2v) is 7.07. The lowest BCUT2D eigenvalue weighted by atomic mass is 10.2. The summed E-state index contributed by atoms with van der Waals surface area (Å²) in [5.41, 5.74) is 1.27. The van der Waals surface area contributed by atoms with Crippen LogP contribution in [0.2, 0.25) is 5.02 Å². The van der Waals surface area contributed by atoms with Gasteiger partial charge in [0, 0.05) is 15.8 Å². The molecular weight excluding hydrogens is 374 g/mol. The molecule has 26 heavy (non-hydrogen) atoms. The third kappa shape index (κ3) is 3.98. The number of carbonyl (C=O) groups excluding carboxylic acids is 2. The van der Waals surface area contributed by atoms with Gasteiger partial charge in [-0.25, -0.2) is 4.79 Å². The third-order valence-corrected chi connectivity index (χ3v) is 5.22. The minimum absolute atomic E-state index is 0.391. The lowest BCUT2D eigenvalue weighted by Gasteiger charge is -2.12. The Hall–Kier alpha value is -2.57. The van der Waals surface area contributed by atoms with Gasteiger partial charge in [-0.05, 0) is 36.1 Å². The number of hydrogen-bond acceptors (Lipinski definition) is 5. The number of ether oxygens (including phenoxy) is 2. The van der Waals surface area contributed by atoms with Crippen LogP contribution in [0.1, 0.15) is 15.2 Å². The van der Waals surface area contributed by atoms with Crippen molar-refractivity contribution in [3.8, 4) is 5.75 Å². The van der Waals surface area contributed by atoms with Gasteiger partial charge < -0.3 is 14.8 Å². The lowest BCUT2D eigenvalue weighted by Crippen LogP contribution is -2.21. The molecule has 1 aromatic heterocycles. The van der Waals surface area contributed by atoms with Crippen molar-refractivity contribution in [3.05, 3.63) is 57.9 Å². The van der Waals surface area contributed by atoms with E-state index < -0.39 is 18.5 Å². The van der Waals surface area contributed by atoms with Crippen molar-refractivity contribution < 1.29 is 19.1 Å². The number of benzene rings is 2. The van der Waals surface area contributed by atoms with E-state index >= 15 is 0 Å². The van der Waals surface area contributed by atoms with Gasteiger partial charge in [0.2, 0.25) is 0 Å². The van der Waals surface area contributed by atoms with Crippen LogP contribution in [0, 0.1) is 6.92 Å². The molecular formula is C19H16ClNO4S. The molecule has 0 aliphatic carbocycles. The van der Waals surface area contributed by atoms with Crippen LogP contribution in [0.3, 0.4) is 0 Å². The van der Waals surface area contributed by atoms with Gasteiger partial charge in [-0.3, -0.25) is 4.79 Å². The number of hydrogen-bond donors (Lipinski definition) is 1. The molecule has 0 fully saturated rings. The fraction of sp³-hybridized carbons (Fsp3) is 0.158. The molecule has 0 saturated heterocycles. The SMILES string of the molecule is COc1cc(Cl)c(C)cc1NC(=O)COC(=O)c1cc2ccccc2s1. The highest BCUT2D eigenvalue weighted by molar-refractivity contribution is 7.20. The van der Waals surface area contributed by atoms with E-state index in [1.807, 2.05) is 31.2 Å². The predicted octanol–water partition coefficient (Wildman–Crippen LogP) is 4.67. The number of nitrogens with one attached hydrogen (secondary N) is 1. The van der Waals surface area contributed by atoms with E-state index in [0.29, 0.717) is 21.3 Å². The van der Waals surface area contributed by atoms with Crippen molar-refractivity contribution >= 4 is 50.6 Å². The molecule has 0 saturated carbocycles. The second kappa shape index (κ2) is 7.76. The van der Waals surface area contributed by atoms with Crippen LogP contribution >= 0.6 is 22.9 Å². The summed E-state index contributed by atoms with van der Waals surface area (Å²) in [5, 5.41) is 4.17. The molecule has 3 aromatic rings. The van der Waals surface area contributed by atoms with Gasteiger partial charge in [0.1, 0.15) is 10.6 Å². The van der Waals surface area contributed by atoms with Crippen LogP contribution in [-0.2, 0) is 9.53 Å². The fourth-order valence-corrected chi connectivity index (χ4v) is 3.51. The van der Waals surface area contributed by atoms with Gasteiger partial charge in [0.25, 0.3) is 5.91 Å². The van der Waals surface area contributed by atoms with Gasteiger partial charge in [-0.1, -0.05) is 29.8 Å². The van der Waals surface area contributed by atoms with Crippen LogP contribution in [-0.4, -0.2) is 25.6 Å². The van der Waals surface area contributed by atoms with Crippen molar-refractivity contribution in [2.75, 3.05) is 19.0 Å². The quantitative estimate of drug-likeness (QED) is 0.644. The van der Waals surface area contributed by atoms with E-state index in [0.717, 1.165) is 15.6 Å². The average Bonchev–Trinajstić information content (AvgIpc) is 3.06. The molecule has 0 bridgehead atoms. The maximum atomic E-state index is 12.2. The van der Waals surface area contributed by atoms with Crippen molar-refractivity contribution in [2.45, 2.75) is 6.92 Å². The van der Waals surface area contributed by atoms with Crippen molar-refractivity contribution in [1.82, 2.24) is 0 Å². The fourth-order valence-electron chi connectivity index (χ4n) is 2.40. The molecule has 1 amide bonds. The van der Waals surface area contributed by atoms with Crippen LogP contribution in [0.15, 0.2) is 42.5 Å². The van der Waals surface area contributed by atoms with Gasteiger partial charge in [-0.15, -0.1) is 11.3 Å². The standard InChI is InChI=1S/C19H16ClNO4S/c1-11-7-14(15(24-2)9-13(11)20)21-18(22)10-25-19(23)17-8-12-5-3-4-6-16(12)26-17/h3-9H,10H2,1-2H3,(H,21,22). The first-order chi connectivity index (χ1) is 12.5. The largest absolute Gasteiger partial charge is 0.495 e. The van der Waals surface area contributed by atoms with Crippen LogP contribution < -0.4 is 10.1 Å². The van der Waals surface area contributed by atoms with E-state index in [1.165, 1.54) is 18.4 Å². The summed E-state index contributed by atoms with van der Waals surface area (Å²) >= 11 is 7.37. The molecule has 3 rings (SSSR count). The molecule has 7 heteroatoms. The number of halogens is 1. The number of amides is 1. The Morgan fingerprint density at radius 1 is 1.19 bits per heavy atom. The molecule has 1 heterocycles. The van der Waals surface area contributed by atoms with E-state index in [9.17, 15) is 9.59 Å². The van der Waals surface area contributed by atoms with E-state index in [-0.39, 0.29) is 0 Å². The highest BCUT2D eigenvalue weighted by Crippen LogP contribution is 2.31. The molecule has 0 aliphatic heterocycles. The van der Waals surface area contributed by atoms with Gasteiger partial charge in [0.05, 0.1) is 12.8 Å². The maximum absolute atomic E-state index is 12.2. The summed E-state index contributed by atoms with van der Waals surface area (Å²) in [6.07, 6.45) is 0. The second-order valence-electron chi connectivity index (χ2n) is 5.57. The number of rotatable bonds is 5. The normalized spacial score (nSPS) is 10.6. The Bertz CT molecular complexity index is 950. The number of esters is 1. The zero-order valence-electron chi connectivity index (χ0n) is 14.2. The highest BCUT2D eigenvalue weighted by Gasteiger charge is 2.15. The number of anilines is 1. The number of thiophene rings is 1. The Morgan fingerprint density at radius 3 is 2.69 bits per heavy atom. The Balaban J connectivity index is 1.63. The highest BCUT2D eigenvalue weighted by atomic mass is 35.5. The molecule has 0 radical (unpaired) electrons. The first kappa shape index (κ1) is 18.2. The Morgan fingerprint density at radius 2 is 1.96 bits per heavy atom. The molecule has 1 N–H and O–H groups in total. The number of methoxy groups -OCH3 is 1. The smallest absolute Gasteiger partial charge is 0.348 e. The van der Waals surface area contributed by atoms with Crippen molar-refractivity contribution in [3.63, 3.8) is 0 Å². The minimum atomic E-state index is -0.527. The topological polar surface area (TPSA) is 64.6 Å². The first-order valence-electron chi connectivity index (χ1n) is 7.77. The number of carbonyl (C=O) groups is 2. The minimum Gasteiger partial charge on any atom is -0.495 e. The summed E-state index contributed by atoms with van der Waals surface area (Å²) in [5.74, 6) is -0.551. The van der Waals surface area contributed by atoms with Gasteiger partial charge in [0.15, 0.2) is 6.61 Å². The van der Waals surface area contributed by atoms with E-state index in [4.69, 9.17) is 21.1 Å². The maximum Gasteiger partial charge on any atom is 0.348 e. The zero-order valence-corrected chi connectivity index (χ0v) is 15.7. The van der Waals surface area contributed by atoms with Crippen molar-refractivity contribution in [2.24, 2.45) is 0 Å². The summed E-state index contributed by atoms with van der Waals surface area (Å²) in [4.78, 5) is 24.7. The zero-order chi connectivity index (χ0) is 18.7. The van der Waals surface area contributed by atoms with Crippen LogP contribution in [0.25, 0.3) is 10.1 Å². The predicted molar refractivity (Wildman–Crippen MR) is 103 cm³/mol. The first-order valence-corrected chi connectivity index (χ1v) is 8.97. The van der Waals surface area contributed by atoms with Crippen molar-refractivity contribution in [1.29, 1.82) is 0 Å². The van der Waals surface area contributed by atoms with Gasteiger partial charge >= 0.3 is 5.97 Å². The molecule has 0 atom stereocenters. The Labute approximate surface area is 159 Å².